The number of ketones is 10. The van der Waals surface area contributed by atoms with E-state index in [9.17, 15) is 57.5 Å². The third-order valence-corrected chi connectivity index (χ3v) is 25.3. The van der Waals surface area contributed by atoms with Gasteiger partial charge in [-0.05, 0) is 116 Å². The highest BCUT2D eigenvalue weighted by Gasteiger charge is 2.16. The summed E-state index contributed by atoms with van der Waals surface area (Å²) in [7, 11) is 26.7. The molecular formula is C74H154N6O17S12. The van der Waals surface area contributed by atoms with Crippen molar-refractivity contribution in [1.29, 1.82) is 0 Å². The molecule has 7 N–H and O–H groups in total. The van der Waals surface area contributed by atoms with E-state index in [1.54, 1.807) is 34.7 Å². The Bertz CT molecular complexity index is 1770. The van der Waals surface area contributed by atoms with Gasteiger partial charge in [0, 0.05) is 121 Å². The lowest BCUT2D eigenvalue weighted by Crippen LogP contribution is -2.39. The van der Waals surface area contributed by atoms with E-state index in [1.165, 1.54) is 115 Å². The number of nitrogens with one attached hydrogen (secondary N) is 3. The van der Waals surface area contributed by atoms with E-state index >= 15 is 0 Å². The normalized spacial score (nSPS) is 9.84. The van der Waals surface area contributed by atoms with Crippen molar-refractivity contribution in [2.24, 2.45) is 11.5 Å². The van der Waals surface area contributed by atoms with Crippen LogP contribution in [0.2, 0.25) is 0 Å². The van der Waals surface area contributed by atoms with Gasteiger partial charge in [0.25, 0.3) is 0 Å². The maximum Gasteiger partial charge on any atom is 0.234 e. The molecule has 2 amide bonds. The van der Waals surface area contributed by atoms with Crippen LogP contribution >= 0.6 is 130 Å². The van der Waals surface area contributed by atoms with Crippen molar-refractivity contribution in [3.05, 3.63) is 0 Å². The lowest BCUT2D eigenvalue weighted by molar-refractivity contribution is -0.137. The van der Waals surface area contributed by atoms with Gasteiger partial charge >= 0.3 is 0 Å². The van der Waals surface area contributed by atoms with Crippen molar-refractivity contribution in [2.75, 3.05) is 188 Å². The second-order valence-electron chi connectivity index (χ2n) is 21.4. The van der Waals surface area contributed by atoms with Gasteiger partial charge in [-0.25, -0.2) is 0 Å². The largest absolute Gasteiger partial charge is 0.379 e. The van der Waals surface area contributed by atoms with Crippen molar-refractivity contribution in [3.63, 3.8) is 0 Å². The fourth-order valence-electron chi connectivity index (χ4n) is 5.64. The Balaban J connectivity index is -0.0000000958. The minimum Gasteiger partial charge on any atom is -0.379 e. The number of likely N-dealkylation sites (N-methyl/N-ethyl adjacent to an activating group) is 1. The van der Waals surface area contributed by atoms with Gasteiger partial charge in [-0.1, -0.05) is 213 Å². The van der Waals surface area contributed by atoms with E-state index < -0.39 is 0 Å². The van der Waals surface area contributed by atoms with E-state index in [-0.39, 0.29) is 115 Å². The predicted molar refractivity (Wildman–Crippen MR) is 495 cm³/mol. The monoisotopic (exact) mass is 1780 g/mol. The highest BCUT2D eigenvalue weighted by Crippen LogP contribution is 2.21. The lowest BCUT2D eigenvalue weighted by atomic mass is 10.1. The second kappa shape index (κ2) is 126. The zero-order chi connectivity index (χ0) is 86.4. The molecule has 0 spiro atoms. The van der Waals surface area contributed by atoms with Gasteiger partial charge < -0.3 is 65.6 Å². The minimum atomic E-state index is -0.274. The van der Waals surface area contributed by atoms with Crippen LogP contribution in [0, 0.1) is 0 Å². The summed E-state index contributed by atoms with van der Waals surface area (Å²) >= 11 is 0. The average molecular weight is 1780 g/mol. The Morgan fingerprint density at radius 1 is 0.330 bits per heavy atom. The molecule has 0 fully saturated rings. The first-order chi connectivity index (χ1) is 51.7. The molecule has 0 aromatic carbocycles. The maximum atomic E-state index is 11.4. The van der Waals surface area contributed by atoms with Crippen LogP contribution in [0.4, 0.5) is 0 Å². The molecule has 109 heavy (non-hydrogen) atoms. The molecule has 0 aliphatic carbocycles. The van der Waals surface area contributed by atoms with Crippen LogP contribution in [0.1, 0.15) is 210 Å². The Morgan fingerprint density at radius 2 is 0.596 bits per heavy atom. The van der Waals surface area contributed by atoms with Crippen LogP contribution < -0.4 is 27.4 Å². The van der Waals surface area contributed by atoms with E-state index in [4.69, 9.17) is 30.4 Å². The van der Waals surface area contributed by atoms with Crippen LogP contribution in [0.15, 0.2) is 0 Å². The van der Waals surface area contributed by atoms with E-state index in [2.05, 4.69) is 104 Å². The number of hydrogen-bond donors (Lipinski definition) is 5. The van der Waals surface area contributed by atoms with Crippen LogP contribution in [-0.4, -0.2) is 269 Å². The third kappa shape index (κ3) is 189. The van der Waals surface area contributed by atoms with Crippen molar-refractivity contribution in [3.8, 4) is 0 Å². The maximum absolute atomic E-state index is 11.4. The first kappa shape index (κ1) is 135. The Kier molecular flexibility index (Phi) is 155. The summed E-state index contributed by atoms with van der Waals surface area (Å²) in [5.74, 6) is 14.6. The summed E-state index contributed by atoms with van der Waals surface area (Å²) in [5, 5.41) is 8.55. The van der Waals surface area contributed by atoms with Crippen LogP contribution in [0.3, 0.4) is 0 Å². The fraction of sp³-hybridized carbons (Fsp3) is 0.838. The molecule has 0 aliphatic rings. The lowest BCUT2D eigenvalue weighted by Gasteiger charge is -2.19. The molecule has 0 bridgehead atoms. The molecule has 0 saturated carbocycles. The topological polar surface area (TPSA) is 342 Å². The fourth-order valence-corrected chi connectivity index (χ4v) is 13.6. The van der Waals surface area contributed by atoms with Crippen molar-refractivity contribution in [2.45, 2.75) is 216 Å². The second-order valence-corrected chi connectivity index (χ2v) is 39.7. The SMILES string of the molecule is CC(=O)CCCOCCOCCC(C)=O.CC(=O)CCCOCCOCCC(C)=O.CC(=O)CN(CC(C)=O)C(=O)CCN.CC(=O)CNCC(C)=O.CC(=O)COCC(C)=O.CCSSCC.CCSSCC.CCSSCC.CCSSCC.CCSSCC.CCSSCC.CNCCCC(NC)C(N)=O. The number of hydrogen-bond acceptors (Lipinski definition) is 33. The molecule has 35 heteroatoms. The van der Waals surface area contributed by atoms with Crippen molar-refractivity contribution >= 4 is 199 Å². The molecule has 1 atom stereocenters. The summed E-state index contributed by atoms with van der Waals surface area (Å²) < 4.78 is 25.4. The molecule has 0 aromatic rings. The summed E-state index contributed by atoms with van der Waals surface area (Å²) in [4.78, 5) is 128. The number of amides is 2. The number of ether oxygens (including phenoxy) is 5. The first-order valence-corrected chi connectivity index (χ1v) is 52.2. The van der Waals surface area contributed by atoms with Gasteiger partial charge in [0.2, 0.25) is 11.8 Å². The number of carbonyl (C=O) groups is 12. The van der Waals surface area contributed by atoms with Crippen molar-refractivity contribution < 1.29 is 81.2 Å². The minimum absolute atomic E-state index is 0.0155. The number of rotatable bonds is 58. The predicted octanol–water partition coefficient (Wildman–Crippen LogP) is 15.5. The van der Waals surface area contributed by atoms with Gasteiger partial charge in [-0.3, -0.25) is 47.9 Å². The molecule has 23 nitrogen and oxygen atoms in total. The highest BCUT2D eigenvalue weighted by molar-refractivity contribution is 8.78. The zero-order valence-electron chi connectivity index (χ0n) is 71.7. The summed E-state index contributed by atoms with van der Waals surface area (Å²) in [6.45, 7) is 46.8. The summed E-state index contributed by atoms with van der Waals surface area (Å²) in [6, 6.07) is -0.177. The summed E-state index contributed by atoms with van der Waals surface area (Å²) in [5.41, 5.74) is 10.3. The third-order valence-electron chi connectivity index (χ3n) is 10.00. The van der Waals surface area contributed by atoms with Gasteiger partial charge in [0.05, 0.1) is 71.9 Å². The van der Waals surface area contributed by atoms with E-state index in [0.29, 0.717) is 91.6 Å². The van der Waals surface area contributed by atoms with E-state index in [1.807, 2.05) is 137 Å². The van der Waals surface area contributed by atoms with E-state index in [0.717, 1.165) is 32.2 Å². The molecule has 0 aliphatic heterocycles. The highest BCUT2D eigenvalue weighted by atomic mass is 33.1. The number of carbonyl (C=O) groups excluding carboxylic acids is 12. The van der Waals surface area contributed by atoms with Gasteiger partial charge in [0.1, 0.15) is 59.5 Å². The smallest absolute Gasteiger partial charge is 0.234 e. The summed E-state index contributed by atoms with van der Waals surface area (Å²) in [6.07, 6.45) is 5.54. The average Bonchev–Trinajstić information content (AvgIpc) is 0.928. The van der Waals surface area contributed by atoms with Gasteiger partial charge in [-0.2, -0.15) is 0 Å². The van der Waals surface area contributed by atoms with Gasteiger partial charge in [0.15, 0.2) is 11.6 Å². The van der Waals surface area contributed by atoms with Crippen LogP contribution in [0.5, 0.6) is 0 Å². The molecule has 0 saturated heterocycles. The van der Waals surface area contributed by atoms with Gasteiger partial charge in [-0.15, -0.1) is 0 Å². The quantitative estimate of drug-likeness (QED) is 0.0279. The number of primary amides is 1. The molecule has 0 rings (SSSR count). The number of nitrogens with zero attached hydrogens (tertiary/aromatic N) is 1. The Hall–Kier alpha value is -0.520. The Morgan fingerprint density at radius 3 is 0.789 bits per heavy atom. The van der Waals surface area contributed by atoms with Crippen LogP contribution in [-0.2, 0) is 81.2 Å². The Labute approximate surface area is 711 Å². The zero-order valence-corrected chi connectivity index (χ0v) is 81.5. The first-order valence-electron chi connectivity index (χ1n) is 37.3. The van der Waals surface area contributed by atoms with Crippen LogP contribution in [0.25, 0.3) is 0 Å². The molecule has 654 valence electrons. The van der Waals surface area contributed by atoms with Crippen molar-refractivity contribution in [1.82, 2.24) is 20.9 Å². The molecule has 0 radical (unpaired) electrons. The standard InChI is InChI=1S/2C11H20O4.C9H16N2O3.C7H17N3O.C6H11NO2.C6H10O3.6C4H10S2/c2*1-10(12)4-3-6-14-8-9-15-7-5-11(2)13;1-7(12)5-11(6-8(2)13)9(14)3-4-10;1-9-5-3-4-6(10-2)7(8)11;1-5(8)3-7-4-6(2)9;1-5(7)3-9-4-6(2)8;6*1-3-5-6-4-2/h2*3-9H2,1-2H3;3-6,10H2,1-2H3;6,9-10H,3-5H2,1-2H3,(H2,8,11);7H,3-4H2,1-2H3;3-4H2,1-2H3;6*3-4H2,1-2H3. The number of nitrogens with two attached hydrogens (primary N) is 2. The molecular weight excluding hydrogens is 1630 g/mol. The molecule has 0 aromatic heterocycles. The molecule has 1 unspecified atom stereocenters. The molecule has 0 heterocycles. The number of Topliss-reactive ketones (excluding diaryl/α,β-unsaturated/α-hetero) is 10.